The third-order valence-electron chi connectivity index (χ3n) is 6.11. The molecule has 37 heavy (non-hydrogen) atoms. The summed E-state index contributed by atoms with van der Waals surface area (Å²) in [4.78, 5) is 17.4. The second-order valence-corrected chi connectivity index (χ2v) is 9.42. The average molecular weight is 507 g/mol. The summed E-state index contributed by atoms with van der Waals surface area (Å²) < 4.78 is 7.29. The van der Waals surface area contributed by atoms with E-state index in [4.69, 9.17) is 14.8 Å². The van der Waals surface area contributed by atoms with Gasteiger partial charge in [0.05, 0.1) is 22.8 Å². The number of aromatic hydroxyl groups is 1. The van der Waals surface area contributed by atoms with Crippen LogP contribution in [0.5, 0.6) is 11.5 Å². The molecule has 1 aliphatic heterocycles. The molecule has 6 rings (SSSR count). The van der Waals surface area contributed by atoms with Crippen LogP contribution < -0.4 is 14.9 Å². The first-order valence-electron chi connectivity index (χ1n) is 11.7. The minimum absolute atomic E-state index is 0.00361. The van der Waals surface area contributed by atoms with Crippen LogP contribution in [0.4, 0.5) is 11.4 Å². The van der Waals surface area contributed by atoms with Gasteiger partial charge in [0.25, 0.3) is 5.91 Å². The molecular formula is C29H22N4O3S. The zero-order chi connectivity index (χ0) is 25.4. The van der Waals surface area contributed by atoms with Gasteiger partial charge in [0, 0.05) is 21.9 Å². The summed E-state index contributed by atoms with van der Waals surface area (Å²) in [6.07, 6.45) is 0. The molecule has 1 aliphatic rings. The van der Waals surface area contributed by atoms with Crippen LogP contribution in [-0.4, -0.2) is 28.0 Å². The van der Waals surface area contributed by atoms with Crippen LogP contribution in [0, 0.1) is 0 Å². The van der Waals surface area contributed by atoms with Crippen molar-refractivity contribution >= 4 is 45.1 Å². The molecule has 182 valence electrons. The lowest BCUT2D eigenvalue weighted by Gasteiger charge is -2.18. The largest absolute Gasteiger partial charge is 0.507 e. The van der Waals surface area contributed by atoms with Gasteiger partial charge < -0.3 is 15.2 Å². The van der Waals surface area contributed by atoms with E-state index >= 15 is 0 Å². The van der Waals surface area contributed by atoms with E-state index in [1.807, 2.05) is 97.2 Å². The van der Waals surface area contributed by atoms with Crippen molar-refractivity contribution in [2.75, 3.05) is 11.9 Å². The SMILES string of the molecule is CC(=Nn1c(-c2ccc3c(c2)NC(=O)CO3)csc1=Nc1ccccc1)c1ccc2ccccc2c1O. The molecule has 1 amide bonds. The van der Waals surface area contributed by atoms with E-state index in [0.717, 1.165) is 27.7 Å². The molecule has 0 saturated heterocycles. The minimum atomic E-state index is -0.191. The molecule has 7 nitrogen and oxygen atoms in total. The first kappa shape index (κ1) is 22.8. The van der Waals surface area contributed by atoms with Gasteiger partial charge in [-0.2, -0.15) is 5.10 Å². The first-order valence-corrected chi connectivity index (χ1v) is 12.6. The molecular weight excluding hydrogens is 484 g/mol. The number of phenols is 1. The summed E-state index contributed by atoms with van der Waals surface area (Å²) >= 11 is 1.46. The number of hydrogen-bond donors (Lipinski definition) is 2. The number of anilines is 1. The van der Waals surface area contributed by atoms with E-state index in [1.54, 1.807) is 4.68 Å². The van der Waals surface area contributed by atoms with Gasteiger partial charge in [-0.15, -0.1) is 11.3 Å². The lowest BCUT2D eigenvalue weighted by Crippen LogP contribution is -2.25. The zero-order valence-electron chi connectivity index (χ0n) is 19.9. The Kier molecular flexibility index (Phi) is 5.78. The lowest BCUT2D eigenvalue weighted by molar-refractivity contribution is -0.118. The van der Waals surface area contributed by atoms with Crippen LogP contribution in [0.2, 0.25) is 0 Å². The number of rotatable bonds is 4. The Morgan fingerprint density at radius 2 is 1.84 bits per heavy atom. The number of amides is 1. The predicted molar refractivity (Wildman–Crippen MR) is 147 cm³/mol. The van der Waals surface area contributed by atoms with Crippen molar-refractivity contribution in [1.82, 2.24) is 4.68 Å². The highest BCUT2D eigenvalue weighted by Gasteiger charge is 2.18. The summed E-state index contributed by atoms with van der Waals surface area (Å²) in [5.74, 6) is 0.621. The van der Waals surface area contributed by atoms with Crippen LogP contribution >= 0.6 is 11.3 Å². The molecule has 4 aromatic carbocycles. The molecule has 0 saturated carbocycles. The monoisotopic (exact) mass is 506 g/mol. The number of aromatic nitrogens is 1. The van der Waals surface area contributed by atoms with Crippen molar-refractivity contribution < 1.29 is 14.6 Å². The van der Waals surface area contributed by atoms with Crippen molar-refractivity contribution in [2.24, 2.45) is 10.1 Å². The zero-order valence-corrected chi connectivity index (χ0v) is 20.7. The molecule has 2 heterocycles. The van der Waals surface area contributed by atoms with Crippen molar-refractivity contribution in [3.05, 3.63) is 101 Å². The maximum absolute atomic E-state index is 11.9. The van der Waals surface area contributed by atoms with Crippen molar-refractivity contribution in [3.63, 3.8) is 0 Å². The van der Waals surface area contributed by atoms with Crippen LogP contribution in [0.15, 0.2) is 100 Å². The summed E-state index contributed by atoms with van der Waals surface area (Å²) in [7, 11) is 0. The number of carbonyl (C=O) groups is 1. The number of hydrogen-bond acceptors (Lipinski definition) is 6. The van der Waals surface area contributed by atoms with E-state index in [2.05, 4.69) is 5.32 Å². The summed E-state index contributed by atoms with van der Waals surface area (Å²) in [5.41, 5.74) is 4.32. The van der Waals surface area contributed by atoms with Gasteiger partial charge in [-0.3, -0.25) is 4.79 Å². The standard InChI is InChI=1S/C29H22N4O3S/c1-18(22-13-11-19-7-5-6-10-23(19)28(22)35)32-33-25(17-37-29(33)30-21-8-3-2-4-9-21)20-12-14-26-24(15-20)31-27(34)16-36-26/h2-15,17,35H,16H2,1H3,(H,31,34). The van der Waals surface area contributed by atoms with Gasteiger partial charge in [-0.25, -0.2) is 9.67 Å². The van der Waals surface area contributed by atoms with Gasteiger partial charge in [-0.1, -0.05) is 48.5 Å². The van der Waals surface area contributed by atoms with Crippen molar-refractivity contribution in [3.8, 4) is 22.8 Å². The summed E-state index contributed by atoms with van der Waals surface area (Å²) in [6, 6.07) is 26.9. The average Bonchev–Trinajstić information content (AvgIpc) is 3.30. The fraction of sp³-hybridized carbons (Fsp3) is 0.0690. The number of carbonyl (C=O) groups excluding carboxylic acids is 1. The van der Waals surface area contributed by atoms with E-state index in [1.165, 1.54) is 11.3 Å². The summed E-state index contributed by atoms with van der Waals surface area (Å²) in [5, 5.41) is 22.5. The number of nitrogens with zero attached hydrogens (tertiary/aromatic N) is 3. The second-order valence-electron chi connectivity index (χ2n) is 8.58. The maximum atomic E-state index is 11.9. The minimum Gasteiger partial charge on any atom is -0.507 e. The Bertz CT molecular complexity index is 1750. The molecule has 0 radical (unpaired) electrons. The highest BCUT2D eigenvalue weighted by atomic mass is 32.1. The third-order valence-corrected chi connectivity index (χ3v) is 6.93. The van der Waals surface area contributed by atoms with Gasteiger partial charge in [-0.05, 0) is 48.7 Å². The van der Waals surface area contributed by atoms with Crippen LogP contribution in [0.1, 0.15) is 12.5 Å². The maximum Gasteiger partial charge on any atom is 0.262 e. The Morgan fingerprint density at radius 1 is 1.03 bits per heavy atom. The van der Waals surface area contributed by atoms with E-state index in [0.29, 0.717) is 27.5 Å². The molecule has 2 N–H and O–H groups in total. The topological polar surface area (TPSA) is 88.2 Å². The Balaban J connectivity index is 1.52. The predicted octanol–water partition coefficient (Wildman–Crippen LogP) is 5.91. The smallest absolute Gasteiger partial charge is 0.262 e. The molecule has 0 unspecified atom stereocenters. The first-order chi connectivity index (χ1) is 18.1. The van der Waals surface area contributed by atoms with Crippen LogP contribution in [0.25, 0.3) is 22.0 Å². The van der Waals surface area contributed by atoms with Gasteiger partial charge >= 0.3 is 0 Å². The number of phenolic OH excluding ortho intramolecular Hbond substituents is 1. The molecule has 0 fully saturated rings. The Morgan fingerprint density at radius 3 is 2.70 bits per heavy atom. The highest BCUT2D eigenvalue weighted by Crippen LogP contribution is 2.33. The third kappa shape index (κ3) is 4.39. The fourth-order valence-corrected chi connectivity index (χ4v) is 5.13. The second kappa shape index (κ2) is 9.40. The number of fused-ring (bicyclic) bond motifs is 2. The van der Waals surface area contributed by atoms with E-state index in [-0.39, 0.29) is 18.3 Å². The number of benzene rings is 4. The number of nitrogens with one attached hydrogen (secondary N) is 1. The molecule has 0 atom stereocenters. The van der Waals surface area contributed by atoms with Gasteiger partial charge in [0.1, 0.15) is 11.5 Å². The Hall–Kier alpha value is -4.69. The number of para-hydroxylation sites is 1. The van der Waals surface area contributed by atoms with E-state index in [9.17, 15) is 9.90 Å². The Labute approximate surface area is 216 Å². The molecule has 8 heteroatoms. The van der Waals surface area contributed by atoms with Crippen molar-refractivity contribution in [1.29, 1.82) is 0 Å². The lowest BCUT2D eigenvalue weighted by atomic mass is 10.0. The fourth-order valence-electron chi connectivity index (χ4n) is 4.28. The molecule has 0 aliphatic carbocycles. The highest BCUT2D eigenvalue weighted by molar-refractivity contribution is 7.07. The van der Waals surface area contributed by atoms with Gasteiger partial charge in [0.15, 0.2) is 6.61 Å². The normalized spacial score (nSPS) is 13.8. The summed E-state index contributed by atoms with van der Waals surface area (Å²) in [6.45, 7) is 1.87. The van der Waals surface area contributed by atoms with Gasteiger partial charge in [0.2, 0.25) is 4.80 Å². The molecule has 0 spiro atoms. The van der Waals surface area contributed by atoms with Crippen molar-refractivity contribution in [2.45, 2.75) is 6.92 Å². The number of thiazole rings is 1. The van der Waals surface area contributed by atoms with E-state index < -0.39 is 0 Å². The molecule has 1 aromatic heterocycles. The number of ether oxygens (including phenoxy) is 1. The quantitative estimate of drug-likeness (QED) is 0.297. The van der Waals surface area contributed by atoms with Crippen LogP contribution in [0.3, 0.4) is 0 Å². The molecule has 0 bridgehead atoms. The van der Waals surface area contributed by atoms with Crippen LogP contribution in [-0.2, 0) is 4.79 Å². The molecule has 5 aromatic rings.